The third kappa shape index (κ3) is 4.18. The quantitative estimate of drug-likeness (QED) is 0.779. The van der Waals surface area contributed by atoms with Crippen LogP contribution in [0.3, 0.4) is 0 Å². The fraction of sp³-hybridized carbons (Fsp3) is 0.333. The van der Waals surface area contributed by atoms with Gasteiger partial charge in [-0.15, -0.1) is 0 Å². The van der Waals surface area contributed by atoms with Crippen LogP contribution in [0, 0.1) is 5.82 Å². The van der Waals surface area contributed by atoms with Gasteiger partial charge in [0.05, 0.1) is 7.11 Å². The van der Waals surface area contributed by atoms with Crippen molar-refractivity contribution in [3.05, 3.63) is 59.9 Å². The minimum atomic E-state index is -3.98. The van der Waals surface area contributed by atoms with Gasteiger partial charge in [0.15, 0.2) is 0 Å². The van der Waals surface area contributed by atoms with Crippen LogP contribution in [0.2, 0.25) is 0 Å². The Hall–Kier alpha value is -1.96. The maximum atomic E-state index is 13.5. The molecule has 0 fully saturated rings. The van der Waals surface area contributed by atoms with Crippen molar-refractivity contribution < 1.29 is 22.3 Å². The highest BCUT2D eigenvalue weighted by Crippen LogP contribution is 2.30. The number of halogens is 1. The van der Waals surface area contributed by atoms with Crippen molar-refractivity contribution in [1.82, 2.24) is 4.72 Å². The molecule has 5 nitrogen and oxygen atoms in total. The number of sulfonamides is 1. The molecular weight excluding hydrogens is 345 g/mol. The van der Waals surface area contributed by atoms with Gasteiger partial charge in [0, 0.05) is 13.7 Å². The number of hydrogen-bond acceptors (Lipinski definition) is 4. The molecule has 1 atom stereocenters. The molecule has 0 aliphatic rings. The SMILES string of the molecule is CCC(CNS(=O)(=O)c1cc(F)ccc1OC)(OC)c1ccccc1. The lowest BCUT2D eigenvalue weighted by Crippen LogP contribution is -2.42. The molecule has 0 bridgehead atoms. The van der Waals surface area contributed by atoms with Crippen molar-refractivity contribution in [2.45, 2.75) is 23.8 Å². The van der Waals surface area contributed by atoms with Crippen LogP contribution >= 0.6 is 0 Å². The topological polar surface area (TPSA) is 64.6 Å². The summed E-state index contributed by atoms with van der Waals surface area (Å²) in [6, 6.07) is 12.7. The van der Waals surface area contributed by atoms with Crippen LogP contribution in [0.4, 0.5) is 4.39 Å². The Morgan fingerprint density at radius 2 is 1.80 bits per heavy atom. The van der Waals surface area contributed by atoms with Crippen LogP contribution in [0.15, 0.2) is 53.4 Å². The third-order valence-electron chi connectivity index (χ3n) is 4.22. The number of hydrogen-bond donors (Lipinski definition) is 1. The number of nitrogens with one attached hydrogen (secondary N) is 1. The third-order valence-corrected chi connectivity index (χ3v) is 5.65. The molecule has 1 N–H and O–H groups in total. The minimum Gasteiger partial charge on any atom is -0.495 e. The fourth-order valence-corrected chi connectivity index (χ4v) is 3.92. The van der Waals surface area contributed by atoms with Gasteiger partial charge in [-0.2, -0.15) is 0 Å². The van der Waals surface area contributed by atoms with E-state index < -0.39 is 21.4 Å². The summed E-state index contributed by atoms with van der Waals surface area (Å²) in [6.07, 6.45) is 0.552. The van der Waals surface area contributed by atoms with E-state index in [2.05, 4.69) is 4.72 Å². The van der Waals surface area contributed by atoms with E-state index in [1.807, 2.05) is 37.3 Å². The lowest BCUT2D eigenvalue weighted by molar-refractivity contribution is -0.0133. The largest absolute Gasteiger partial charge is 0.495 e. The summed E-state index contributed by atoms with van der Waals surface area (Å²) >= 11 is 0. The molecule has 2 aromatic carbocycles. The lowest BCUT2D eigenvalue weighted by atomic mass is 9.91. The molecule has 0 saturated carbocycles. The lowest BCUT2D eigenvalue weighted by Gasteiger charge is -2.32. The van der Waals surface area contributed by atoms with Crippen LogP contribution in [-0.4, -0.2) is 29.2 Å². The van der Waals surface area contributed by atoms with Crippen molar-refractivity contribution in [2.75, 3.05) is 20.8 Å². The second kappa shape index (κ2) is 7.95. The Labute approximate surface area is 147 Å². The standard InChI is InChI=1S/C18H22FNO4S/c1-4-18(24-3,14-8-6-5-7-9-14)13-20-25(21,22)17-12-15(19)10-11-16(17)23-2/h5-12,20H,4,13H2,1-3H3. The Kier molecular flexibility index (Phi) is 6.16. The number of benzene rings is 2. The van der Waals surface area contributed by atoms with Gasteiger partial charge in [0.25, 0.3) is 0 Å². The van der Waals surface area contributed by atoms with Crippen LogP contribution in [0.5, 0.6) is 5.75 Å². The predicted molar refractivity (Wildman–Crippen MR) is 93.6 cm³/mol. The summed E-state index contributed by atoms with van der Waals surface area (Å²) in [4.78, 5) is -0.246. The van der Waals surface area contributed by atoms with Crippen molar-refractivity contribution >= 4 is 10.0 Å². The van der Waals surface area contributed by atoms with Crippen molar-refractivity contribution in [3.8, 4) is 5.75 Å². The number of ether oxygens (including phenoxy) is 2. The zero-order chi connectivity index (χ0) is 18.5. The zero-order valence-corrected chi connectivity index (χ0v) is 15.3. The van der Waals surface area contributed by atoms with E-state index >= 15 is 0 Å². The maximum Gasteiger partial charge on any atom is 0.244 e. The molecule has 0 aromatic heterocycles. The second-order valence-electron chi connectivity index (χ2n) is 5.54. The molecule has 0 radical (unpaired) electrons. The van der Waals surface area contributed by atoms with Crippen LogP contribution in [0.25, 0.3) is 0 Å². The Balaban J connectivity index is 2.33. The maximum absolute atomic E-state index is 13.5. The van der Waals surface area contributed by atoms with Crippen molar-refractivity contribution in [1.29, 1.82) is 0 Å². The molecule has 25 heavy (non-hydrogen) atoms. The molecule has 7 heteroatoms. The summed E-state index contributed by atoms with van der Waals surface area (Å²) < 4.78 is 52.0. The molecule has 1 unspecified atom stereocenters. The molecule has 0 aliphatic heterocycles. The molecule has 0 spiro atoms. The highest BCUT2D eigenvalue weighted by molar-refractivity contribution is 7.89. The summed E-state index contributed by atoms with van der Waals surface area (Å²) in [6.45, 7) is 1.92. The first-order valence-electron chi connectivity index (χ1n) is 7.82. The Morgan fingerprint density at radius 3 is 2.36 bits per heavy atom. The highest BCUT2D eigenvalue weighted by atomic mass is 32.2. The van der Waals surface area contributed by atoms with Crippen LogP contribution < -0.4 is 9.46 Å². The zero-order valence-electron chi connectivity index (χ0n) is 14.5. The molecular formula is C18H22FNO4S. The van der Waals surface area contributed by atoms with Gasteiger partial charge in [-0.3, -0.25) is 0 Å². The van der Waals surface area contributed by atoms with Gasteiger partial charge >= 0.3 is 0 Å². The smallest absolute Gasteiger partial charge is 0.244 e. The predicted octanol–water partition coefficient (Wildman–Crippen LogP) is 3.06. The van der Waals surface area contributed by atoms with E-state index in [9.17, 15) is 12.8 Å². The van der Waals surface area contributed by atoms with E-state index in [-0.39, 0.29) is 17.2 Å². The van der Waals surface area contributed by atoms with E-state index in [4.69, 9.17) is 9.47 Å². The fourth-order valence-electron chi connectivity index (χ4n) is 2.66. The van der Waals surface area contributed by atoms with E-state index in [0.717, 1.165) is 17.7 Å². The summed E-state index contributed by atoms with van der Waals surface area (Å²) in [5.74, 6) is -0.578. The van der Waals surface area contributed by atoms with Gasteiger partial charge < -0.3 is 9.47 Å². The van der Waals surface area contributed by atoms with Crippen molar-refractivity contribution in [3.63, 3.8) is 0 Å². The monoisotopic (exact) mass is 367 g/mol. The molecule has 0 amide bonds. The van der Waals surface area contributed by atoms with E-state index in [1.165, 1.54) is 20.3 Å². The number of rotatable bonds is 8. The van der Waals surface area contributed by atoms with Gasteiger partial charge in [-0.25, -0.2) is 17.5 Å². The van der Waals surface area contributed by atoms with E-state index in [1.54, 1.807) is 0 Å². The first kappa shape index (κ1) is 19.4. The molecule has 2 aromatic rings. The average molecular weight is 367 g/mol. The average Bonchev–Trinajstić information content (AvgIpc) is 2.64. The molecule has 0 heterocycles. The van der Waals surface area contributed by atoms with Crippen LogP contribution in [-0.2, 0) is 20.4 Å². The van der Waals surface area contributed by atoms with E-state index in [0.29, 0.717) is 6.42 Å². The Morgan fingerprint density at radius 1 is 1.12 bits per heavy atom. The van der Waals surface area contributed by atoms with Crippen LogP contribution in [0.1, 0.15) is 18.9 Å². The molecule has 2 rings (SSSR count). The van der Waals surface area contributed by atoms with Gasteiger partial charge in [-0.1, -0.05) is 37.3 Å². The molecule has 0 aliphatic carbocycles. The molecule has 0 saturated heterocycles. The summed E-state index contributed by atoms with van der Waals surface area (Å²) in [5, 5.41) is 0. The minimum absolute atomic E-state index is 0.00597. The summed E-state index contributed by atoms with van der Waals surface area (Å²) in [5.41, 5.74) is 0.0310. The molecule has 136 valence electrons. The Bertz CT molecular complexity index is 805. The normalized spacial score (nSPS) is 14.1. The summed E-state index contributed by atoms with van der Waals surface area (Å²) in [7, 11) is -1.11. The first-order chi connectivity index (χ1) is 11.9. The van der Waals surface area contributed by atoms with Gasteiger partial charge in [0.1, 0.15) is 22.1 Å². The number of methoxy groups -OCH3 is 2. The van der Waals surface area contributed by atoms with Crippen molar-refractivity contribution in [2.24, 2.45) is 0 Å². The first-order valence-corrected chi connectivity index (χ1v) is 9.30. The second-order valence-corrected chi connectivity index (χ2v) is 7.27. The van der Waals surface area contributed by atoms with Gasteiger partial charge in [0.2, 0.25) is 10.0 Å². The van der Waals surface area contributed by atoms with Gasteiger partial charge in [-0.05, 0) is 30.2 Å². The highest BCUT2D eigenvalue weighted by Gasteiger charge is 2.32.